The van der Waals surface area contributed by atoms with E-state index in [1.165, 1.54) is 0 Å². The maximum atomic E-state index is 11.9. The number of carbonyl (C=O) groups is 1. The number of hydrogen-bond acceptors (Lipinski definition) is 5. The molecule has 3 heterocycles. The number of halogens is 2. The molecule has 164 valence electrons. The highest BCUT2D eigenvalue weighted by molar-refractivity contribution is 9.10. The van der Waals surface area contributed by atoms with E-state index in [9.17, 15) is 4.79 Å². The molecule has 0 fully saturated rings. The van der Waals surface area contributed by atoms with Crippen LogP contribution in [0, 0.1) is 0 Å². The number of rotatable bonds is 9. The third-order valence-electron chi connectivity index (χ3n) is 4.76. The molecule has 0 spiro atoms. The average molecular weight is 531 g/mol. The molecule has 4 rings (SSSR count). The van der Waals surface area contributed by atoms with Gasteiger partial charge in [0, 0.05) is 35.8 Å². The minimum Gasteiger partial charge on any atom is -0.370 e. The van der Waals surface area contributed by atoms with Crippen LogP contribution in [-0.4, -0.2) is 33.6 Å². The van der Waals surface area contributed by atoms with Crippen molar-refractivity contribution < 1.29 is 4.79 Å². The summed E-state index contributed by atoms with van der Waals surface area (Å²) < 4.78 is 2.58. The lowest BCUT2D eigenvalue weighted by molar-refractivity contribution is -0.116. The standard InChI is InChI=1S/C23H21BrClN5OS/c24-18-14-28-30-21(13-20(29-23(18)30)17-5-1-2-6-19(17)25)26-10-3-4-11-27-22(31)8-7-16-9-12-32-15-16/h1-2,5-9,12-15,26H,3-4,10-11H2,(H,27,31)/b8-7+. The minimum absolute atomic E-state index is 0.0780. The Morgan fingerprint density at radius 2 is 2.06 bits per heavy atom. The number of aromatic nitrogens is 3. The number of fused-ring (bicyclic) bond motifs is 1. The lowest BCUT2D eigenvalue weighted by Crippen LogP contribution is -2.22. The fourth-order valence-corrected chi connectivity index (χ4v) is 4.36. The number of anilines is 1. The molecule has 1 aromatic carbocycles. The van der Waals surface area contributed by atoms with Gasteiger partial charge in [-0.2, -0.15) is 21.0 Å². The van der Waals surface area contributed by atoms with Gasteiger partial charge in [0.2, 0.25) is 5.91 Å². The molecule has 0 radical (unpaired) electrons. The summed E-state index contributed by atoms with van der Waals surface area (Å²) in [6.07, 6.45) is 6.87. The summed E-state index contributed by atoms with van der Waals surface area (Å²) in [7, 11) is 0. The molecule has 9 heteroatoms. The van der Waals surface area contributed by atoms with Crippen molar-refractivity contribution in [1.82, 2.24) is 19.9 Å². The van der Waals surface area contributed by atoms with Gasteiger partial charge in [0.15, 0.2) is 5.65 Å². The number of hydrogen-bond donors (Lipinski definition) is 2. The first-order valence-electron chi connectivity index (χ1n) is 10.1. The predicted octanol–water partition coefficient (Wildman–Crippen LogP) is 5.90. The topological polar surface area (TPSA) is 71.3 Å². The quantitative estimate of drug-likeness (QED) is 0.209. The molecule has 4 aromatic rings. The number of amides is 1. The summed E-state index contributed by atoms with van der Waals surface area (Å²) in [6, 6.07) is 11.6. The zero-order valence-corrected chi connectivity index (χ0v) is 20.3. The van der Waals surface area contributed by atoms with Gasteiger partial charge < -0.3 is 10.6 Å². The van der Waals surface area contributed by atoms with Crippen molar-refractivity contribution in [3.8, 4) is 11.3 Å². The predicted molar refractivity (Wildman–Crippen MR) is 135 cm³/mol. The average Bonchev–Trinajstić information content (AvgIpc) is 3.45. The van der Waals surface area contributed by atoms with Crippen molar-refractivity contribution in [2.45, 2.75) is 12.8 Å². The molecule has 0 aliphatic rings. The maximum absolute atomic E-state index is 11.9. The first-order chi connectivity index (χ1) is 15.6. The summed E-state index contributed by atoms with van der Waals surface area (Å²) in [5, 5.41) is 15.4. The smallest absolute Gasteiger partial charge is 0.243 e. The monoisotopic (exact) mass is 529 g/mol. The Bertz CT molecular complexity index is 1240. The Morgan fingerprint density at radius 3 is 2.88 bits per heavy atom. The van der Waals surface area contributed by atoms with E-state index in [1.807, 2.05) is 53.2 Å². The first kappa shape index (κ1) is 22.5. The van der Waals surface area contributed by atoms with Crippen molar-refractivity contribution in [3.05, 3.63) is 74.5 Å². The van der Waals surface area contributed by atoms with Crippen LogP contribution in [0.2, 0.25) is 5.02 Å². The van der Waals surface area contributed by atoms with Crippen LogP contribution in [-0.2, 0) is 4.79 Å². The van der Waals surface area contributed by atoms with Gasteiger partial charge in [-0.15, -0.1) is 0 Å². The molecule has 0 atom stereocenters. The molecule has 2 N–H and O–H groups in total. The van der Waals surface area contributed by atoms with E-state index in [2.05, 4.69) is 31.7 Å². The number of benzene rings is 1. The van der Waals surface area contributed by atoms with E-state index in [-0.39, 0.29) is 5.91 Å². The zero-order chi connectivity index (χ0) is 22.3. The van der Waals surface area contributed by atoms with Gasteiger partial charge in [-0.3, -0.25) is 4.79 Å². The molecular weight excluding hydrogens is 510 g/mol. The maximum Gasteiger partial charge on any atom is 0.243 e. The molecule has 0 saturated heterocycles. The van der Waals surface area contributed by atoms with Gasteiger partial charge in [0.25, 0.3) is 0 Å². The Labute approximate surface area is 203 Å². The zero-order valence-electron chi connectivity index (χ0n) is 17.1. The van der Waals surface area contributed by atoms with Crippen LogP contribution in [0.15, 0.2) is 63.9 Å². The van der Waals surface area contributed by atoms with Crippen LogP contribution in [0.5, 0.6) is 0 Å². The van der Waals surface area contributed by atoms with E-state index in [0.29, 0.717) is 11.6 Å². The number of carbonyl (C=O) groups excluding carboxylic acids is 1. The second kappa shape index (κ2) is 10.8. The lowest BCUT2D eigenvalue weighted by Gasteiger charge is -2.11. The highest BCUT2D eigenvalue weighted by Crippen LogP contribution is 2.30. The number of nitrogens with one attached hydrogen (secondary N) is 2. The van der Waals surface area contributed by atoms with Crippen molar-refractivity contribution in [2.24, 2.45) is 0 Å². The molecule has 0 bridgehead atoms. The highest BCUT2D eigenvalue weighted by atomic mass is 79.9. The lowest BCUT2D eigenvalue weighted by atomic mass is 10.1. The molecule has 0 unspecified atom stereocenters. The highest BCUT2D eigenvalue weighted by Gasteiger charge is 2.13. The second-order valence-electron chi connectivity index (χ2n) is 7.05. The van der Waals surface area contributed by atoms with Crippen molar-refractivity contribution in [3.63, 3.8) is 0 Å². The van der Waals surface area contributed by atoms with Crippen molar-refractivity contribution >= 4 is 62.3 Å². The molecule has 6 nitrogen and oxygen atoms in total. The summed E-state index contributed by atoms with van der Waals surface area (Å²) in [5.41, 5.74) is 3.40. The summed E-state index contributed by atoms with van der Waals surface area (Å²) >= 11 is 11.5. The van der Waals surface area contributed by atoms with Crippen LogP contribution >= 0.6 is 38.9 Å². The van der Waals surface area contributed by atoms with Crippen LogP contribution < -0.4 is 10.6 Å². The van der Waals surface area contributed by atoms with Gasteiger partial charge in [-0.1, -0.05) is 29.8 Å². The van der Waals surface area contributed by atoms with Crippen LogP contribution in [0.1, 0.15) is 18.4 Å². The molecule has 0 saturated carbocycles. The number of unbranched alkanes of at least 4 members (excludes halogenated alkanes) is 1. The third-order valence-corrected chi connectivity index (χ3v) is 6.35. The summed E-state index contributed by atoms with van der Waals surface area (Å²) in [6.45, 7) is 1.36. The van der Waals surface area contributed by atoms with Gasteiger partial charge >= 0.3 is 0 Å². The van der Waals surface area contributed by atoms with E-state index < -0.39 is 0 Å². The van der Waals surface area contributed by atoms with Gasteiger partial charge in [0.05, 0.1) is 16.4 Å². The van der Waals surface area contributed by atoms with Crippen LogP contribution in [0.4, 0.5) is 5.82 Å². The fourth-order valence-electron chi connectivity index (χ4n) is 3.15. The van der Waals surface area contributed by atoms with Crippen LogP contribution in [0.3, 0.4) is 0 Å². The Kier molecular flexibility index (Phi) is 7.57. The summed E-state index contributed by atoms with van der Waals surface area (Å²) in [4.78, 5) is 16.6. The second-order valence-corrected chi connectivity index (χ2v) is 9.09. The van der Waals surface area contributed by atoms with Crippen molar-refractivity contribution in [1.29, 1.82) is 0 Å². The fraction of sp³-hybridized carbons (Fsp3) is 0.174. The first-order valence-corrected chi connectivity index (χ1v) is 12.2. The third kappa shape index (κ3) is 5.56. The Hall–Kier alpha value is -2.68. The van der Waals surface area contributed by atoms with Gasteiger partial charge in [0.1, 0.15) is 5.82 Å². The number of thiophene rings is 1. The SMILES string of the molecule is O=C(/C=C/c1ccsc1)NCCCCNc1cc(-c2ccccc2Cl)nc2c(Br)cnn12. The van der Waals surface area contributed by atoms with E-state index in [0.717, 1.165) is 52.1 Å². The normalized spacial score (nSPS) is 11.3. The van der Waals surface area contributed by atoms with E-state index >= 15 is 0 Å². The van der Waals surface area contributed by atoms with Crippen LogP contribution in [0.25, 0.3) is 23.0 Å². The minimum atomic E-state index is -0.0780. The number of nitrogens with zero attached hydrogens (tertiary/aromatic N) is 3. The molecule has 1 amide bonds. The molecule has 0 aliphatic heterocycles. The largest absolute Gasteiger partial charge is 0.370 e. The van der Waals surface area contributed by atoms with Gasteiger partial charge in [-0.25, -0.2) is 4.98 Å². The van der Waals surface area contributed by atoms with Gasteiger partial charge in [-0.05, 0) is 63.3 Å². The van der Waals surface area contributed by atoms with E-state index in [1.54, 1.807) is 28.1 Å². The molecular formula is C23H21BrClN5OS. The summed E-state index contributed by atoms with van der Waals surface area (Å²) in [5.74, 6) is 0.754. The molecule has 32 heavy (non-hydrogen) atoms. The Morgan fingerprint density at radius 1 is 1.22 bits per heavy atom. The Balaban J connectivity index is 1.33. The van der Waals surface area contributed by atoms with Crippen molar-refractivity contribution in [2.75, 3.05) is 18.4 Å². The van der Waals surface area contributed by atoms with E-state index in [4.69, 9.17) is 16.6 Å². The molecule has 0 aliphatic carbocycles. The molecule has 3 aromatic heterocycles.